The highest BCUT2D eigenvalue weighted by Gasteiger charge is 2.28. The van der Waals surface area contributed by atoms with Gasteiger partial charge in [0.1, 0.15) is 18.8 Å². The van der Waals surface area contributed by atoms with Crippen molar-refractivity contribution >= 4 is 22.9 Å². The number of hydrogen-bond donors (Lipinski definition) is 2. The molecule has 2 aromatic heterocycles. The third-order valence-corrected chi connectivity index (χ3v) is 6.12. The number of amides is 1. The van der Waals surface area contributed by atoms with Crippen LogP contribution in [0.25, 0.3) is 22.0 Å². The number of alkyl carbamates (subject to hydrolysis) is 1. The molecule has 0 unspecified atom stereocenters. The summed E-state index contributed by atoms with van der Waals surface area (Å²) in [6, 6.07) is 8.31. The van der Waals surface area contributed by atoms with E-state index in [1.807, 2.05) is 45.9 Å². The Hall–Kier alpha value is -3.62. The lowest BCUT2D eigenvalue weighted by molar-refractivity contribution is 0.0505. The van der Waals surface area contributed by atoms with Crippen LogP contribution in [0.3, 0.4) is 0 Å². The van der Waals surface area contributed by atoms with Crippen LogP contribution in [0.1, 0.15) is 45.7 Å². The van der Waals surface area contributed by atoms with Crippen molar-refractivity contribution in [3.05, 3.63) is 36.2 Å². The minimum atomic E-state index is -0.506. The normalized spacial score (nSPS) is 19.4. The molecule has 9 heteroatoms. The number of hydrogen-bond acceptors (Lipinski definition) is 8. The summed E-state index contributed by atoms with van der Waals surface area (Å²) in [6.07, 6.45) is 3.97. The van der Waals surface area contributed by atoms with Crippen LogP contribution in [0.5, 0.6) is 11.6 Å². The first-order valence-corrected chi connectivity index (χ1v) is 12.0. The quantitative estimate of drug-likeness (QED) is 0.560. The molecule has 35 heavy (non-hydrogen) atoms. The van der Waals surface area contributed by atoms with Gasteiger partial charge in [-0.3, -0.25) is 0 Å². The van der Waals surface area contributed by atoms with Crippen LogP contribution >= 0.6 is 0 Å². The molecule has 1 aliphatic heterocycles. The number of ether oxygens (including phenoxy) is 3. The first-order valence-electron chi connectivity index (χ1n) is 12.0. The predicted octanol–water partition coefficient (Wildman–Crippen LogP) is 4.63. The summed E-state index contributed by atoms with van der Waals surface area (Å²) in [7, 11) is 0. The van der Waals surface area contributed by atoms with Gasteiger partial charge in [0.2, 0.25) is 5.95 Å². The second-order valence-corrected chi connectivity index (χ2v) is 10.1. The van der Waals surface area contributed by atoms with Gasteiger partial charge in [-0.15, -0.1) is 0 Å². The summed E-state index contributed by atoms with van der Waals surface area (Å²) in [4.78, 5) is 25.8. The number of aryl methyl sites for hydroxylation is 1. The van der Waals surface area contributed by atoms with Gasteiger partial charge in [0.25, 0.3) is 5.88 Å². The highest BCUT2D eigenvalue weighted by Crippen LogP contribution is 2.39. The molecule has 3 aromatic rings. The minimum absolute atomic E-state index is 0.0731. The Morgan fingerprint density at radius 2 is 1.89 bits per heavy atom. The van der Waals surface area contributed by atoms with Crippen LogP contribution in [0, 0.1) is 6.92 Å². The van der Waals surface area contributed by atoms with Crippen LogP contribution < -0.4 is 20.1 Å². The molecule has 1 fully saturated rings. The third kappa shape index (κ3) is 5.23. The van der Waals surface area contributed by atoms with Gasteiger partial charge < -0.3 is 24.8 Å². The molecular formula is C26H31N5O4. The Morgan fingerprint density at radius 1 is 1.09 bits per heavy atom. The number of benzene rings is 1. The zero-order chi connectivity index (χ0) is 24.6. The van der Waals surface area contributed by atoms with Crippen molar-refractivity contribution in [2.75, 3.05) is 18.5 Å². The van der Waals surface area contributed by atoms with Gasteiger partial charge in [0, 0.05) is 29.2 Å². The van der Waals surface area contributed by atoms with E-state index in [-0.39, 0.29) is 18.2 Å². The van der Waals surface area contributed by atoms with Gasteiger partial charge in [-0.1, -0.05) is 6.07 Å². The monoisotopic (exact) mass is 477 g/mol. The number of carbonyl (C=O) groups is 1. The van der Waals surface area contributed by atoms with Crippen LogP contribution in [0.15, 0.2) is 30.5 Å². The number of rotatable bonds is 4. The van der Waals surface area contributed by atoms with Crippen molar-refractivity contribution in [1.29, 1.82) is 0 Å². The number of fused-ring (bicyclic) bond motifs is 2. The number of carbonyl (C=O) groups excluding carboxylic acids is 1. The molecule has 3 heterocycles. The lowest BCUT2D eigenvalue weighted by Crippen LogP contribution is -2.38. The van der Waals surface area contributed by atoms with E-state index in [9.17, 15) is 4.79 Å². The summed E-state index contributed by atoms with van der Waals surface area (Å²) in [6.45, 7) is 8.58. The lowest BCUT2D eigenvalue weighted by Gasteiger charge is -2.22. The summed E-state index contributed by atoms with van der Waals surface area (Å²) < 4.78 is 16.8. The number of nitrogens with one attached hydrogen (secondary N) is 2. The number of nitrogens with zero attached hydrogens (tertiary/aromatic N) is 3. The molecule has 2 N–H and O–H groups in total. The van der Waals surface area contributed by atoms with Crippen LogP contribution in [-0.4, -0.2) is 51.9 Å². The van der Waals surface area contributed by atoms with Crippen molar-refractivity contribution in [2.45, 2.75) is 64.6 Å². The maximum absolute atomic E-state index is 12.1. The van der Waals surface area contributed by atoms with Crippen LogP contribution in [0.4, 0.5) is 10.7 Å². The molecule has 2 aliphatic rings. The molecule has 1 amide bonds. The lowest BCUT2D eigenvalue weighted by atomic mass is 10.0. The summed E-state index contributed by atoms with van der Waals surface area (Å²) >= 11 is 0. The molecule has 1 aliphatic carbocycles. The fourth-order valence-corrected chi connectivity index (χ4v) is 4.59. The van der Waals surface area contributed by atoms with Gasteiger partial charge >= 0.3 is 6.09 Å². The van der Waals surface area contributed by atoms with E-state index in [1.54, 1.807) is 6.20 Å². The fraction of sp³-hybridized carbons (Fsp3) is 0.462. The number of anilines is 1. The molecule has 9 nitrogen and oxygen atoms in total. The average molecular weight is 478 g/mol. The zero-order valence-corrected chi connectivity index (χ0v) is 20.6. The van der Waals surface area contributed by atoms with Crippen molar-refractivity contribution in [3.63, 3.8) is 0 Å². The fourth-order valence-electron chi connectivity index (χ4n) is 4.59. The average Bonchev–Trinajstić information content (AvgIpc) is 3.23. The molecule has 184 valence electrons. The number of aromatic nitrogens is 3. The van der Waals surface area contributed by atoms with Crippen molar-refractivity contribution in [3.8, 4) is 22.8 Å². The van der Waals surface area contributed by atoms with Gasteiger partial charge in [0.05, 0.1) is 11.2 Å². The Kier molecular flexibility index (Phi) is 6.08. The van der Waals surface area contributed by atoms with Crippen molar-refractivity contribution in [2.24, 2.45) is 0 Å². The van der Waals surface area contributed by atoms with Gasteiger partial charge in [-0.05, 0) is 70.7 Å². The zero-order valence-electron chi connectivity index (χ0n) is 20.6. The smallest absolute Gasteiger partial charge is 0.407 e. The first kappa shape index (κ1) is 23.1. The Morgan fingerprint density at radius 3 is 2.71 bits per heavy atom. The molecule has 1 saturated carbocycles. The summed E-state index contributed by atoms with van der Waals surface area (Å²) in [5.74, 6) is 1.80. The van der Waals surface area contributed by atoms with Crippen LogP contribution in [-0.2, 0) is 4.74 Å². The summed E-state index contributed by atoms with van der Waals surface area (Å²) in [5, 5.41) is 7.40. The minimum Gasteiger partial charge on any atom is -0.484 e. The topological polar surface area (TPSA) is 107 Å². The van der Waals surface area contributed by atoms with E-state index in [4.69, 9.17) is 24.2 Å². The van der Waals surface area contributed by atoms with Gasteiger partial charge in [-0.25, -0.2) is 19.7 Å². The van der Waals surface area contributed by atoms with E-state index in [0.717, 1.165) is 47.0 Å². The molecule has 2 atom stereocenters. The van der Waals surface area contributed by atoms with Crippen molar-refractivity contribution in [1.82, 2.24) is 20.3 Å². The van der Waals surface area contributed by atoms with E-state index in [0.29, 0.717) is 30.8 Å². The van der Waals surface area contributed by atoms with Crippen LogP contribution in [0.2, 0.25) is 0 Å². The molecule has 5 rings (SSSR count). The largest absolute Gasteiger partial charge is 0.484 e. The predicted molar refractivity (Wildman–Crippen MR) is 133 cm³/mol. The summed E-state index contributed by atoms with van der Waals surface area (Å²) in [5.41, 5.74) is 3.19. The molecular weight excluding hydrogens is 446 g/mol. The first-order chi connectivity index (χ1) is 16.7. The Labute approximate surface area is 204 Å². The van der Waals surface area contributed by atoms with E-state index < -0.39 is 5.60 Å². The maximum Gasteiger partial charge on any atom is 0.407 e. The van der Waals surface area contributed by atoms with E-state index in [2.05, 4.69) is 21.7 Å². The molecule has 0 spiro atoms. The highest BCUT2D eigenvalue weighted by atomic mass is 16.6. The van der Waals surface area contributed by atoms with E-state index in [1.165, 1.54) is 0 Å². The third-order valence-electron chi connectivity index (χ3n) is 6.12. The molecule has 1 aromatic carbocycles. The standard InChI is InChI=1S/C26H31N5O4/c1-15-20-13-16(19-9-10-27-23-22(19)33-11-12-34-23)5-8-21(20)31-24(28-15)29-17-6-7-18(14-17)30-25(32)35-26(2,3)4/h5,8-10,13,17-18H,6-7,11-12,14H2,1-4H3,(H,30,32)(H,28,29,31)/t17-,18+/m0/s1. The Balaban J connectivity index is 1.30. The van der Waals surface area contributed by atoms with Crippen molar-refractivity contribution < 1.29 is 19.0 Å². The molecule has 0 bridgehead atoms. The second-order valence-electron chi connectivity index (χ2n) is 10.1. The second kappa shape index (κ2) is 9.20. The SMILES string of the molecule is Cc1nc(N[C@H]2CC[C@@H](NC(=O)OC(C)(C)C)C2)nc2ccc(-c3ccnc4c3OCCO4)cc12. The Bertz CT molecular complexity index is 1260. The highest BCUT2D eigenvalue weighted by molar-refractivity contribution is 5.88. The van der Waals surface area contributed by atoms with E-state index >= 15 is 0 Å². The maximum atomic E-state index is 12.1. The van der Waals surface area contributed by atoms with Gasteiger partial charge in [-0.2, -0.15) is 0 Å². The molecule has 0 saturated heterocycles. The number of pyridine rings is 1. The molecule has 0 radical (unpaired) electrons. The van der Waals surface area contributed by atoms with Gasteiger partial charge in [0.15, 0.2) is 5.75 Å².